The van der Waals surface area contributed by atoms with E-state index in [0.717, 1.165) is 0 Å². The van der Waals surface area contributed by atoms with Crippen molar-refractivity contribution < 1.29 is 8.78 Å². The molecule has 11 heavy (non-hydrogen) atoms. The third-order valence-electron chi connectivity index (χ3n) is 1.15. The number of nitrogen functional groups attached to an aromatic ring is 1. The highest BCUT2D eigenvalue weighted by molar-refractivity contribution is 6.38. The standard InChI is InChI=1S/C6H3Cl2F2N/c7-4-2(9)1-3(10)5(8)6(4)11/h1H,11H2. The van der Waals surface area contributed by atoms with E-state index >= 15 is 0 Å². The average molecular weight is 198 g/mol. The van der Waals surface area contributed by atoms with Crippen molar-refractivity contribution >= 4 is 28.9 Å². The van der Waals surface area contributed by atoms with Gasteiger partial charge in [-0.25, -0.2) is 8.78 Å². The summed E-state index contributed by atoms with van der Waals surface area (Å²) in [4.78, 5) is 0. The molecule has 1 nitrogen and oxygen atoms in total. The molecule has 0 amide bonds. The Kier molecular flexibility index (Phi) is 2.20. The first-order valence-corrected chi connectivity index (χ1v) is 3.38. The van der Waals surface area contributed by atoms with Gasteiger partial charge < -0.3 is 5.73 Å². The molecule has 0 heterocycles. The zero-order valence-electron chi connectivity index (χ0n) is 5.17. The van der Waals surface area contributed by atoms with Gasteiger partial charge in [0.25, 0.3) is 0 Å². The van der Waals surface area contributed by atoms with E-state index in [0.29, 0.717) is 6.07 Å². The summed E-state index contributed by atoms with van der Waals surface area (Å²) >= 11 is 10.6. The van der Waals surface area contributed by atoms with Crippen LogP contribution in [0.25, 0.3) is 0 Å². The summed E-state index contributed by atoms with van der Waals surface area (Å²) in [6.45, 7) is 0. The molecule has 0 spiro atoms. The summed E-state index contributed by atoms with van der Waals surface area (Å²) in [5, 5.41) is -0.701. The summed E-state index contributed by atoms with van der Waals surface area (Å²) in [7, 11) is 0. The summed E-state index contributed by atoms with van der Waals surface area (Å²) < 4.78 is 25.0. The summed E-state index contributed by atoms with van der Waals surface area (Å²) in [5.41, 5.74) is 4.87. The first-order chi connectivity index (χ1) is 5.04. The van der Waals surface area contributed by atoms with Crippen LogP contribution in [0.4, 0.5) is 14.5 Å². The van der Waals surface area contributed by atoms with Crippen molar-refractivity contribution in [3.63, 3.8) is 0 Å². The van der Waals surface area contributed by atoms with Crippen molar-refractivity contribution in [3.8, 4) is 0 Å². The van der Waals surface area contributed by atoms with Gasteiger partial charge in [-0.3, -0.25) is 0 Å². The minimum atomic E-state index is -0.911. The van der Waals surface area contributed by atoms with Gasteiger partial charge in [0.05, 0.1) is 5.69 Å². The maximum Gasteiger partial charge on any atom is 0.146 e. The second-order valence-electron chi connectivity index (χ2n) is 1.88. The van der Waals surface area contributed by atoms with Crippen LogP contribution in [0, 0.1) is 11.6 Å². The number of rotatable bonds is 0. The second kappa shape index (κ2) is 2.83. The minimum absolute atomic E-state index is 0.272. The molecule has 0 atom stereocenters. The van der Waals surface area contributed by atoms with E-state index in [-0.39, 0.29) is 15.7 Å². The lowest BCUT2D eigenvalue weighted by molar-refractivity contribution is 0.585. The Balaban J connectivity index is 3.46. The Morgan fingerprint density at radius 1 is 1.09 bits per heavy atom. The molecule has 0 aliphatic carbocycles. The molecule has 0 aliphatic rings. The number of hydrogen-bond donors (Lipinski definition) is 1. The fourth-order valence-electron chi connectivity index (χ4n) is 0.592. The molecule has 1 rings (SSSR count). The van der Waals surface area contributed by atoms with E-state index in [1.165, 1.54) is 0 Å². The van der Waals surface area contributed by atoms with Crippen LogP contribution in [0.5, 0.6) is 0 Å². The van der Waals surface area contributed by atoms with Crippen LogP contribution in [0.2, 0.25) is 10.0 Å². The van der Waals surface area contributed by atoms with Gasteiger partial charge in [-0.1, -0.05) is 23.2 Å². The van der Waals surface area contributed by atoms with Gasteiger partial charge in [-0.2, -0.15) is 0 Å². The lowest BCUT2D eigenvalue weighted by Gasteiger charge is -2.02. The number of nitrogens with two attached hydrogens (primary N) is 1. The Labute approximate surface area is 71.7 Å². The molecular formula is C6H3Cl2F2N. The predicted molar refractivity (Wildman–Crippen MR) is 40.8 cm³/mol. The first kappa shape index (κ1) is 8.56. The smallest absolute Gasteiger partial charge is 0.146 e. The quantitative estimate of drug-likeness (QED) is 0.503. The number of benzene rings is 1. The van der Waals surface area contributed by atoms with Crippen LogP contribution in [0.3, 0.4) is 0 Å². The van der Waals surface area contributed by atoms with E-state index in [9.17, 15) is 8.78 Å². The zero-order valence-corrected chi connectivity index (χ0v) is 6.68. The Hall–Kier alpha value is -0.540. The second-order valence-corrected chi connectivity index (χ2v) is 2.64. The molecule has 0 radical (unpaired) electrons. The minimum Gasteiger partial charge on any atom is -0.396 e. The van der Waals surface area contributed by atoms with Crippen LogP contribution in [-0.2, 0) is 0 Å². The van der Waals surface area contributed by atoms with Crippen molar-refractivity contribution in [2.24, 2.45) is 0 Å². The van der Waals surface area contributed by atoms with E-state index < -0.39 is 11.6 Å². The molecule has 0 fully saturated rings. The largest absolute Gasteiger partial charge is 0.396 e. The summed E-state index contributed by atoms with van der Waals surface area (Å²) in [5.74, 6) is -1.82. The highest BCUT2D eigenvalue weighted by atomic mass is 35.5. The van der Waals surface area contributed by atoms with Crippen molar-refractivity contribution in [1.82, 2.24) is 0 Å². The molecule has 1 aromatic rings. The summed E-state index contributed by atoms with van der Waals surface area (Å²) in [6, 6.07) is 0.584. The van der Waals surface area contributed by atoms with Gasteiger partial charge in [0.2, 0.25) is 0 Å². The van der Waals surface area contributed by atoms with Crippen molar-refractivity contribution in [3.05, 3.63) is 27.7 Å². The highest BCUT2D eigenvalue weighted by Crippen LogP contribution is 2.31. The highest BCUT2D eigenvalue weighted by Gasteiger charge is 2.12. The van der Waals surface area contributed by atoms with E-state index in [2.05, 4.69) is 0 Å². The zero-order chi connectivity index (χ0) is 8.59. The molecule has 0 saturated carbocycles. The van der Waals surface area contributed by atoms with Crippen LogP contribution >= 0.6 is 23.2 Å². The van der Waals surface area contributed by atoms with Crippen LogP contribution in [-0.4, -0.2) is 0 Å². The van der Waals surface area contributed by atoms with Crippen LogP contribution < -0.4 is 5.73 Å². The van der Waals surface area contributed by atoms with Gasteiger partial charge in [-0.05, 0) is 0 Å². The average Bonchev–Trinajstić information content (AvgIpc) is 1.97. The lowest BCUT2D eigenvalue weighted by Crippen LogP contribution is -1.93. The normalized spacial score (nSPS) is 10.2. The van der Waals surface area contributed by atoms with E-state index in [4.69, 9.17) is 28.9 Å². The fourth-order valence-corrected chi connectivity index (χ4v) is 0.938. The number of hydrogen-bond acceptors (Lipinski definition) is 1. The Morgan fingerprint density at radius 3 is 1.82 bits per heavy atom. The topological polar surface area (TPSA) is 26.0 Å². The van der Waals surface area contributed by atoms with Crippen molar-refractivity contribution in [2.45, 2.75) is 0 Å². The number of halogens is 4. The van der Waals surface area contributed by atoms with E-state index in [1.807, 2.05) is 0 Å². The maximum absolute atomic E-state index is 12.5. The van der Waals surface area contributed by atoms with Crippen LogP contribution in [0.15, 0.2) is 6.07 Å². The molecule has 1 aromatic carbocycles. The predicted octanol–water partition coefficient (Wildman–Crippen LogP) is 2.85. The monoisotopic (exact) mass is 197 g/mol. The molecule has 0 unspecified atom stereocenters. The van der Waals surface area contributed by atoms with Gasteiger partial charge in [-0.15, -0.1) is 0 Å². The molecular weight excluding hydrogens is 195 g/mol. The Bertz CT molecular complexity index is 275. The maximum atomic E-state index is 12.5. The molecule has 5 heteroatoms. The third-order valence-corrected chi connectivity index (χ3v) is 1.91. The van der Waals surface area contributed by atoms with Crippen molar-refractivity contribution in [2.75, 3.05) is 5.73 Å². The lowest BCUT2D eigenvalue weighted by atomic mass is 10.3. The van der Waals surface area contributed by atoms with Crippen LogP contribution in [0.1, 0.15) is 0 Å². The molecule has 0 saturated heterocycles. The van der Waals surface area contributed by atoms with E-state index in [1.54, 1.807) is 0 Å². The van der Waals surface area contributed by atoms with Gasteiger partial charge in [0, 0.05) is 6.07 Å². The molecule has 0 bridgehead atoms. The van der Waals surface area contributed by atoms with Gasteiger partial charge >= 0.3 is 0 Å². The molecule has 0 aromatic heterocycles. The number of anilines is 1. The van der Waals surface area contributed by atoms with Gasteiger partial charge in [0.1, 0.15) is 21.7 Å². The van der Waals surface area contributed by atoms with Gasteiger partial charge in [0.15, 0.2) is 0 Å². The fraction of sp³-hybridized carbons (Fsp3) is 0. The van der Waals surface area contributed by atoms with Crippen molar-refractivity contribution in [1.29, 1.82) is 0 Å². The first-order valence-electron chi connectivity index (χ1n) is 2.62. The third kappa shape index (κ3) is 1.39. The Morgan fingerprint density at radius 2 is 1.45 bits per heavy atom. The SMILES string of the molecule is Nc1c(Cl)c(F)cc(F)c1Cl. The molecule has 2 N–H and O–H groups in total. The summed E-state index contributed by atoms with van der Waals surface area (Å²) in [6.07, 6.45) is 0. The molecule has 0 aliphatic heterocycles. The molecule has 60 valence electrons.